The van der Waals surface area contributed by atoms with Crippen LogP contribution in [0, 0.1) is 5.92 Å². The van der Waals surface area contributed by atoms with Crippen molar-refractivity contribution in [2.24, 2.45) is 5.92 Å². The summed E-state index contributed by atoms with van der Waals surface area (Å²) >= 11 is 6.45. The molecule has 1 fully saturated rings. The maximum atomic E-state index is 12.8. The molecular formula is C37H48ClF3N2O2. The van der Waals surface area contributed by atoms with Crippen LogP contribution in [0.1, 0.15) is 93.3 Å². The Morgan fingerprint density at radius 1 is 0.933 bits per heavy atom. The normalized spacial score (nSPS) is 14.3. The molecular weight excluding hydrogens is 597 g/mol. The minimum absolute atomic E-state index is 0.0615. The Labute approximate surface area is 272 Å². The molecule has 0 aromatic heterocycles. The van der Waals surface area contributed by atoms with Gasteiger partial charge in [0.15, 0.2) is 0 Å². The van der Waals surface area contributed by atoms with E-state index < -0.39 is 11.7 Å². The molecule has 1 aliphatic heterocycles. The third-order valence-electron chi connectivity index (χ3n) is 7.78. The molecule has 0 unspecified atom stereocenters. The van der Waals surface area contributed by atoms with Crippen LogP contribution in [0.3, 0.4) is 0 Å². The van der Waals surface area contributed by atoms with Crippen molar-refractivity contribution in [3.8, 4) is 5.75 Å². The molecule has 1 N–H and O–H groups in total. The van der Waals surface area contributed by atoms with Gasteiger partial charge in [-0.1, -0.05) is 101 Å². The van der Waals surface area contributed by atoms with Gasteiger partial charge in [-0.05, 0) is 73.4 Å². The van der Waals surface area contributed by atoms with Crippen molar-refractivity contribution in [2.75, 3.05) is 13.1 Å². The first-order valence-corrected chi connectivity index (χ1v) is 16.6. The second kappa shape index (κ2) is 18.2. The van der Waals surface area contributed by atoms with Crippen LogP contribution >= 0.6 is 11.6 Å². The first kappa shape index (κ1) is 36.4. The summed E-state index contributed by atoms with van der Waals surface area (Å²) in [7, 11) is 0. The predicted octanol–water partition coefficient (Wildman–Crippen LogP) is 9.99. The second-order valence-electron chi connectivity index (χ2n) is 12.3. The molecule has 1 aliphatic rings. The summed E-state index contributed by atoms with van der Waals surface area (Å²) in [6, 6.07) is 21.6. The average molecular weight is 645 g/mol. The van der Waals surface area contributed by atoms with Crippen LogP contribution in [0.5, 0.6) is 5.75 Å². The molecule has 0 bridgehead atoms. The first-order chi connectivity index (χ1) is 21.5. The largest absolute Gasteiger partial charge is 0.489 e. The Balaban J connectivity index is 0.000000330. The number of halogens is 4. The summed E-state index contributed by atoms with van der Waals surface area (Å²) in [5.74, 6) is 0.978. The number of benzene rings is 3. The van der Waals surface area contributed by atoms with E-state index in [2.05, 4.69) is 48.3 Å². The zero-order valence-corrected chi connectivity index (χ0v) is 27.8. The van der Waals surface area contributed by atoms with Gasteiger partial charge in [-0.25, -0.2) is 0 Å². The molecule has 246 valence electrons. The zero-order chi connectivity index (χ0) is 32.8. The van der Waals surface area contributed by atoms with Gasteiger partial charge in [0.05, 0.1) is 16.7 Å². The van der Waals surface area contributed by atoms with E-state index in [1.165, 1.54) is 17.7 Å². The number of piperidine rings is 1. The number of nitrogens with one attached hydrogen (secondary N) is 1. The average Bonchev–Trinajstić information content (AvgIpc) is 2.99. The highest BCUT2D eigenvalue weighted by atomic mass is 35.5. The lowest BCUT2D eigenvalue weighted by molar-refractivity contribution is -0.137. The fourth-order valence-electron chi connectivity index (χ4n) is 5.52. The van der Waals surface area contributed by atoms with E-state index in [0.29, 0.717) is 28.7 Å². The number of rotatable bonds is 12. The van der Waals surface area contributed by atoms with Crippen LogP contribution < -0.4 is 10.1 Å². The lowest BCUT2D eigenvalue weighted by Gasteiger charge is -2.32. The Hall–Kier alpha value is -3.03. The minimum Gasteiger partial charge on any atom is -0.489 e. The minimum atomic E-state index is -4.23. The van der Waals surface area contributed by atoms with Gasteiger partial charge in [0.25, 0.3) is 5.91 Å². The highest BCUT2D eigenvalue weighted by Gasteiger charge is 2.30. The topological polar surface area (TPSA) is 41.6 Å². The van der Waals surface area contributed by atoms with Crippen LogP contribution in [0.2, 0.25) is 5.02 Å². The van der Waals surface area contributed by atoms with Gasteiger partial charge in [0, 0.05) is 31.2 Å². The lowest BCUT2D eigenvalue weighted by atomic mass is 10.0. The molecule has 1 amide bonds. The summed E-state index contributed by atoms with van der Waals surface area (Å²) in [5.41, 5.74) is 2.11. The smallest absolute Gasteiger partial charge is 0.416 e. The van der Waals surface area contributed by atoms with Crippen molar-refractivity contribution in [1.82, 2.24) is 10.2 Å². The number of likely N-dealkylation sites (tertiary alicyclic amines) is 1. The third kappa shape index (κ3) is 12.7. The number of carbonyl (C=O) groups is 1. The van der Waals surface area contributed by atoms with E-state index in [0.717, 1.165) is 69.8 Å². The van der Waals surface area contributed by atoms with E-state index in [4.69, 9.17) is 16.3 Å². The Kier molecular flexibility index (Phi) is 14.7. The molecule has 0 saturated carbocycles. The third-order valence-corrected chi connectivity index (χ3v) is 8.07. The molecule has 0 atom stereocenters. The van der Waals surface area contributed by atoms with Gasteiger partial charge >= 0.3 is 6.18 Å². The summed E-state index contributed by atoms with van der Waals surface area (Å²) in [6.07, 6.45) is 2.72. The van der Waals surface area contributed by atoms with Gasteiger partial charge in [-0.2, -0.15) is 13.2 Å². The van der Waals surface area contributed by atoms with Gasteiger partial charge in [0.1, 0.15) is 5.75 Å². The molecule has 3 aromatic carbocycles. The number of amides is 1. The van der Waals surface area contributed by atoms with E-state index in [-0.39, 0.29) is 18.1 Å². The molecule has 0 aliphatic carbocycles. The number of alkyl halides is 3. The van der Waals surface area contributed by atoms with E-state index in [1.54, 1.807) is 12.1 Å². The SMILES string of the molecule is CC(C)Cc1cccc(C(F)(F)F)c1.CCCC(CCC)Oc1ccc(C(=O)NC2CCN(Cc3ccccc3)CC2)cc1Cl. The fourth-order valence-corrected chi connectivity index (χ4v) is 5.74. The van der Waals surface area contributed by atoms with Crippen molar-refractivity contribution in [1.29, 1.82) is 0 Å². The molecule has 0 radical (unpaired) electrons. The van der Waals surface area contributed by atoms with Crippen LogP contribution in [0.4, 0.5) is 13.2 Å². The Morgan fingerprint density at radius 2 is 1.58 bits per heavy atom. The standard InChI is InChI=1S/C26H35ClN2O2.C11H13F3/c1-3-8-23(9-4-2)31-25-13-12-21(18-24(25)27)26(30)28-22-14-16-29(17-15-22)19-20-10-6-5-7-11-20;1-8(2)6-9-4-3-5-10(7-9)11(12,13)14/h5-7,10-13,18,22-23H,3-4,8-9,14-17,19H2,1-2H3,(H,28,30);3-5,7-8H,6H2,1-2H3. The number of nitrogens with zero attached hydrogens (tertiary/aromatic N) is 1. The molecule has 0 spiro atoms. The zero-order valence-electron chi connectivity index (χ0n) is 27.0. The number of ether oxygens (including phenoxy) is 1. The molecule has 8 heteroatoms. The summed E-state index contributed by atoms with van der Waals surface area (Å²) < 4.78 is 43.0. The number of hydrogen-bond donors (Lipinski definition) is 1. The van der Waals surface area contributed by atoms with Crippen LogP contribution in [-0.2, 0) is 19.1 Å². The van der Waals surface area contributed by atoms with Crippen molar-refractivity contribution < 1.29 is 22.7 Å². The molecule has 4 rings (SSSR count). The summed E-state index contributed by atoms with van der Waals surface area (Å²) in [4.78, 5) is 15.2. The highest BCUT2D eigenvalue weighted by molar-refractivity contribution is 6.32. The van der Waals surface area contributed by atoms with E-state index in [1.807, 2.05) is 32.0 Å². The van der Waals surface area contributed by atoms with Crippen molar-refractivity contribution in [3.63, 3.8) is 0 Å². The van der Waals surface area contributed by atoms with Gasteiger partial charge in [-0.15, -0.1) is 0 Å². The Bertz CT molecular complexity index is 1300. The molecule has 4 nitrogen and oxygen atoms in total. The molecule has 3 aromatic rings. The van der Waals surface area contributed by atoms with Crippen LogP contribution in [0.25, 0.3) is 0 Å². The molecule has 1 saturated heterocycles. The Morgan fingerprint density at radius 3 is 2.16 bits per heavy atom. The van der Waals surface area contributed by atoms with Crippen LogP contribution in [0.15, 0.2) is 72.8 Å². The quantitative estimate of drug-likeness (QED) is 0.213. The fraction of sp³-hybridized carbons (Fsp3) is 0.486. The lowest BCUT2D eigenvalue weighted by Crippen LogP contribution is -2.44. The van der Waals surface area contributed by atoms with E-state index >= 15 is 0 Å². The molecule has 45 heavy (non-hydrogen) atoms. The van der Waals surface area contributed by atoms with Crippen molar-refractivity contribution in [2.45, 2.75) is 97.5 Å². The monoisotopic (exact) mass is 644 g/mol. The van der Waals surface area contributed by atoms with Crippen molar-refractivity contribution in [3.05, 3.63) is 100 Å². The maximum absolute atomic E-state index is 12.8. The van der Waals surface area contributed by atoms with Gasteiger partial charge < -0.3 is 10.1 Å². The molecule has 1 heterocycles. The maximum Gasteiger partial charge on any atom is 0.416 e. The summed E-state index contributed by atoms with van der Waals surface area (Å²) in [6.45, 7) is 11.2. The predicted molar refractivity (Wildman–Crippen MR) is 178 cm³/mol. The summed E-state index contributed by atoms with van der Waals surface area (Å²) in [5, 5.41) is 3.68. The number of hydrogen-bond acceptors (Lipinski definition) is 3. The van der Waals surface area contributed by atoms with E-state index in [9.17, 15) is 18.0 Å². The van der Waals surface area contributed by atoms with Crippen LogP contribution in [-0.4, -0.2) is 36.0 Å². The van der Waals surface area contributed by atoms with Gasteiger partial charge in [0.2, 0.25) is 0 Å². The first-order valence-electron chi connectivity index (χ1n) is 16.2. The second-order valence-corrected chi connectivity index (χ2v) is 12.7. The van der Waals surface area contributed by atoms with Gasteiger partial charge in [-0.3, -0.25) is 9.69 Å². The number of carbonyl (C=O) groups excluding carboxylic acids is 1. The highest BCUT2D eigenvalue weighted by Crippen LogP contribution is 2.30. The van der Waals surface area contributed by atoms with Crippen molar-refractivity contribution >= 4 is 17.5 Å².